The van der Waals surface area contributed by atoms with Gasteiger partial charge in [0.2, 0.25) is 0 Å². The van der Waals surface area contributed by atoms with Gasteiger partial charge in [-0.25, -0.2) is 4.79 Å². The van der Waals surface area contributed by atoms with E-state index in [0.29, 0.717) is 12.4 Å². The zero-order chi connectivity index (χ0) is 12.6. The minimum absolute atomic E-state index is 0.313. The summed E-state index contributed by atoms with van der Waals surface area (Å²) in [6.07, 6.45) is 3.38. The molecule has 0 aliphatic carbocycles. The van der Waals surface area contributed by atoms with Gasteiger partial charge in [0.1, 0.15) is 11.9 Å². The fraction of sp³-hybridized carbons (Fsp3) is 0.364. The van der Waals surface area contributed by atoms with Crippen molar-refractivity contribution in [2.75, 3.05) is 6.54 Å². The van der Waals surface area contributed by atoms with Crippen LogP contribution >= 0.6 is 0 Å². The summed E-state index contributed by atoms with van der Waals surface area (Å²) in [7, 11) is 1.85. The number of amidine groups is 1. The van der Waals surface area contributed by atoms with Crippen LogP contribution in [0, 0.1) is 6.92 Å². The van der Waals surface area contributed by atoms with Crippen LogP contribution in [-0.2, 0) is 7.05 Å². The van der Waals surface area contributed by atoms with Crippen molar-refractivity contribution in [3.05, 3.63) is 30.1 Å². The molecule has 2 N–H and O–H groups in total. The highest BCUT2D eigenvalue weighted by molar-refractivity contribution is 6.03. The lowest BCUT2D eigenvalue weighted by molar-refractivity contribution is 0.212. The van der Waals surface area contributed by atoms with Crippen molar-refractivity contribution >= 4 is 11.9 Å². The highest BCUT2D eigenvalue weighted by Gasteiger charge is 2.35. The topological polar surface area (TPSA) is 76.5 Å². The van der Waals surface area contributed by atoms with Crippen molar-refractivity contribution in [2.24, 2.45) is 17.8 Å². The lowest BCUT2D eigenvalue weighted by atomic mass is 10.1. The monoisotopic (exact) mass is 233 g/mol. The Kier molecular flexibility index (Phi) is 2.71. The molecule has 0 saturated carbocycles. The Balaban J connectivity index is 2.42. The first-order chi connectivity index (χ1) is 8.06. The van der Waals surface area contributed by atoms with Crippen LogP contribution < -0.4 is 5.73 Å². The third-order valence-corrected chi connectivity index (χ3v) is 2.96. The van der Waals surface area contributed by atoms with Gasteiger partial charge in [-0.2, -0.15) is 10.1 Å². The lowest BCUT2D eigenvalue weighted by Crippen LogP contribution is -2.33. The number of aryl methyl sites for hydroxylation is 1. The maximum Gasteiger partial charge on any atom is 0.346 e. The summed E-state index contributed by atoms with van der Waals surface area (Å²) < 4.78 is 1.75. The summed E-state index contributed by atoms with van der Waals surface area (Å²) in [4.78, 5) is 17.0. The lowest BCUT2D eigenvalue weighted by Gasteiger charge is -2.22. The fourth-order valence-corrected chi connectivity index (χ4v) is 1.94. The van der Waals surface area contributed by atoms with Gasteiger partial charge in [0.25, 0.3) is 0 Å². The molecule has 0 bridgehead atoms. The number of aliphatic imine (C=N–C) groups is 1. The predicted molar refractivity (Wildman–Crippen MR) is 64.6 cm³/mol. The van der Waals surface area contributed by atoms with Crippen molar-refractivity contribution in [2.45, 2.75) is 13.0 Å². The Morgan fingerprint density at radius 2 is 2.35 bits per heavy atom. The maximum absolute atomic E-state index is 11.7. The highest BCUT2D eigenvalue weighted by atomic mass is 16.2. The van der Waals surface area contributed by atoms with E-state index in [9.17, 15) is 4.79 Å². The summed E-state index contributed by atoms with van der Waals surface area (Å²) in [5, 5.41) is 4.16. The molecule has 1 aliphatic heterocycles. The summed E-state index contributed by atoms with van der Waals surface area (Å²) in [6.45, 7) is 5.99. The second kappa shape index (κ2) is 4.04. The molecule has 2 amide bonds. The van der Waals surface area contributed by atoms with Crippen LogP contribution in [0.25, 0.3) is 0 Å². The van der Waals surface area contributed by atoms with Gasteiger partial charge in [-0.3, -0.25) is 4.68 Å². The summed E-state index contributed by atoms with van der Waals surface area (Å²) in [6, 6.07) is -0.648. The molecule has 17 heavy (non-hydrogen) atoms. The number of aromatic nitrogens is 2. The molecular formula is C11H15N5O. The van der Waals surface area contributed by atoms with Crippen molar-refractivity contribution in [3.63, 3.8) is 0 Å². The van der Waals surface area contributed by atoms with Crippen molar-refractivity contribution in [1.82, 2.24) is 14.7 Å². The number of hydrogen-bond donors (Lipinski definition) is 1. The zero-order valence-corrected chi connectivity index (χ0v) is 9.92. The number of urea groups is 1. The quantitative estimate of drug-likeness (QED) is 0.782. The standard InChI is InChI=1S/C11H15N5O/c1-4-5-16-9(10(12)14-11(16)17)8-6-13-15(3)7(8)2/h4,6,9H,1,5H2,2-3H3,(H2,12,14,17). The van der Waals surface area contributed by atoms with E-state index in [4.69, 9.17) is 5.73 Å². The van der Waals surface area contributed by atoms with Crippen LogP contribution in [0.4, 0.5) is 4.79 Å². The molecule has 2 heterocycles. The van der Waals surface area contributed by atoms with Gasteiger partial charge >= 0.3 is 6.03 Å². The number of carbonyl (C=O) groups is 1. The average molecular weight is 233 g/mol. The molecule has 1 unspecified atom stereocenters. The number of amides is 2. The molecule has 2 rings (SSSR count). The first kappa shape index (κ1) is 11.4. The number of carbonyl (C=O) groups excluding carboxylic acids is 1. The van der Waals surface area contributed by atoms with E-state index in [1.54, 1.807) is 21.9 Å². The molecule has 1 aromatic heterocycles. The van der Waals surface area contributed by atoms with Gasteiger partial charge in [0, 0.05) is 24.8 Å². The molecule has 1 aromatic rings. The van der Waals surface area contributed by atoms with Crippen molar-refractivity contribution in [1.29, 1.82) is 0 Å². The van der Waals surface area contributed by atoms with Gasteiger partial charge in [-0.15, -0.1) is 6.58 Å². The van der Waals surface area contributed by atoms with Crippen LogP contribution in [0.15, 0.2) is 23.8 Å². The van der Waals surface area contributed by atoms with E-state index in [1.807, 2.05) is 14.0 Å². The number of nitrogens with two attached hydrogens (primary N) is 1. The first-order valence-corrected chi connectivity index (χ1v) is 5.30. The summed E-state index contributed by atoms with van der Waals surface area (Å²) in [5.41, 5.74) is 7.69. The number of nitrogens with zero attached hydrogens (tertiary/aromatic N) is 4. The third-order valence-electron chi connectivity index (χ3n) is 2.96. The summed E-state index contributed by atoms with van der Waals surface area (Å²) >= 11 is 0. The Hall–Kier alpha value is -2.11. The van der Waals surface area contributed by atoms with E-state index in [1.165, 1.54) is 0 Å². The van der Waals surface area contributed by atoms with E-state index in [-0.39, 0.29) is 12.1 Å². The Labute approximate surface area is 99.4 Å². The molecule has 0 radical (unpaired) electrons. The van der Waals surface area contributed by atoms with Crippen LogP contribution in [0.2, 0.25) is 0 Å². The number of hydrogen-bond acceptors (Lipinski definition) is 3. The molecular weight excluding hydrogens is 218 g/mol. The molecule has 90 valence electrons. The number of rotatable bonds is 3. The normalized spacial score (nSPS) is 19.6. The van der Waals surface area contributed by atoms with Crippen LogP contribution in [-0.4, -0.2) is 33.1 Å². The molecule has 0 spiro atoms. The van der Waals surface area contributed by atoms with E-state index >= 15 is 0 Å². The van der Waals surface area contributed by atoms with Gasteiger partial charge in [-0.1, -0.05) is 6.08 Å². The molecule has 1 atom stereocenters. The molecule has 0 aromatic carbocycles. The largest absolute Gasteiger partial charge is 0.385 e. The minimum atomic E-state index is -0.325. The third kappa shape index (κ3) is 1.71. The SMILES string of the molecule is C=CCN1C(=O)N=C(N)C1c1cnn(C)c1C. The van der Waals surface area contributed by atoms with E-state index in [2.05, 4.69) is 16.7 Å². The second-order valence-corrected chi connectivity index (χ2v) is 3.97. The van der Waals surface area contributed by atoms with E-state index < -0.39 is 0 Å². The van der Waals surface area contributed by atoms with Gasteiger partial charge in [0.15, 0.2) is 0 Å². The summed E-state index contributed by atoms with van der Waals surface area (Å²) in [5.74, 6) is 0.313. The van der Waals surface area contributed by atoms with Crippen LogP contribution in [0.1, 0.15) is 17.3 Å². The zero-order valence-electron chi connectivity index (χ0n) is 9.92. The molecule has 6 heteroatoms. The fourth-order valence-electron chi connectivity index (χ4n) is 1.94. The van der Waals surface area contributed by atoms with E-state index in [0.717, 1.165) is 11.3 Å². The maximum atomic E-state index is 11.7. The molecule has 1 aliphatic rings. The highest BCUT2D eigenvalue weighted by Crippen LogP contribution is 2.28. The Bertz CT molecular complexity index is 502. The molecule has 0 fully saturated rings. The Morgan fingerprint density at radius 1 is 1.65 bits per heavy atom. The van der Waals surface area contributed by atoms with Gasteiger partial charge < -0.3 is 10.6 Å². The van der Waals surface area contributed by atoms with Crippen LogP contribution in [0.3, 0.4) is 0 Å². The average Bonchev–Trinajstić information content (AvgIpc) is 2.72. The minimum Gasteiger partial charge on any atom is -0.385 e. The van der Waals surface area contributed by atoms with Gasteiger partial charge in [-0.05, 0) is 6.92 Å². The molecule has 6 nitrogen and oxygen atoms in total. The smallest absolute Gasteiger partial charge is 0.346 e. The van der Waals surface area contributed by atoms with Gasteiger partial charge in [0.05, 0.1) is 6.20 Å². The predicted octanol–water partition coefficient (Wildman–Crippen LogP) is 0.748. The van der Waals surface area contributed by atoms with Crippen molar-refractivity contribution in [3.8, 4) is 0 Å². The molecule has 0 saturated heterocycles. The van der Waals surface area contributed by atoms with Crippen molar-refractivity contribution < 1.29 is 4.79 Å². The van der Waals surface area contributed by atoms with Crippen LogP contribution in [0.5, 0.6) is 0 Å². The first-order valence-electron chi connectivity index (χ1n) is 5.30. The Morgan fingerprint density at radius 3 is 2.88 bits per heavy atom. The second-order valence-electron chi connectivity index (χ2n) is 3.97.